The molecular formula is C36H26ClNSi. The van der Waals surface area contributed by atoms with Crippen LogP contribution in [0.4, 0.5) is 0 Å². The molecule has 0 N–H and O–H groups in total. The molecule has 0 saturated carbocycles. The molecule has 186 valence electrons. The summed E-state index contributed by atoms with van der Waals surface area (Å²) in [5.74, 6) is 0. The first kappa shape index (κ1) is 23.7. The van der Waals surface area contributed by atoms with Crippen LogP contribution < -0.4 is 20.7 Å². The monoisotopic (exact) mass is 535 g/mol. The van der Waals surface area contributed by atoms with Crippen LogP contribution in [-0.4, -0.2) is 12.6 Å². The van der Waals surface area contributed by atoms with Crippen LogP contribution in [0.5, 0.6) is 0 Å². The number of nitrogens with zero attached hydrogens (tertiary/aromatic N) is 1. The summed E-state index contributed by atoms with van der Waals surface area (Å²) in [6, 6.07) is 57.0. The zero-order valence-corrected chi connectivity index (χ0v) is 23.1. The SMILES string of the molecule is Clc1ccc([Si](c2ccccc2)(c2ccccc2)c2ccccc2)c(-n2c3ccccc3c3ccccc32)c1. The van der Waals surface area contributed by atoms with Crippen LogP contribution in [0.25, 0.3) is 27.5 Å². The van der Waals surface area contributed by atoms with Gasteiger partial charge in [0.2, 0.25) is 0 Å². The molecule has 1 heterocycles. The molecule has 0 saturated heterocycles. The molecule has 0 fully saturated rings. The molecule has 0 aliphatic rings. The molecule has 6 aromatic carbocycles. The number of fused-ring (bicyclic) bond motifs is 3. The first-order valence-corrected chi connectivity index (χ1v) is 15.6. The van der Waals surface area contributed by atoms with Crippen LogP contribution in [0.15, 0.2) is 158 Å². The van der Waals surface area contributed by atoms with Crippen LogP contribution in [0, 0.1) is 0 Å². The van der Waals surface area contributed by atoms with Gasteiger partial charge >= 0.3 is 0 Å². The Morgan fingerprint density at radius 1 is 0.436 bits per heavy atom. The van der Waals surface area contributed by atoms with E-state index in [0.29, 0.717) is 0 Å². The highest BCUT2D eigenvalue weighted by molar-refractivity contribution is 7.20. The van der Waals surface area contributed by atoms with Crippen molar-refractivity contribution in [2.75, 3.05) is 0 Å². The summed E-state index contributed by atoms with van der Waals surface area (Å²) in [6.07, 6.45) is 0. The molecule has 0 bridgehead atoms. The minimum atomic E-state index is -2.78. The van der Waals surface area contributed by atoms with Crippen molar-refractivity contribution in [2.24, 2.45) is 0 Å². The first-order valence-electron chi connectivity index (χ1n) is 13.2. The van der Waals surface area contributed by atoms with Crippen LogP contribution in [0.3, 0.4) is 0 Å². The van der Waals surface area contributed by atoms with E-state index in [9.17, 15) is 0 Å². The highest BCUT2D eigenvalue weighted by Crippen LogP contribution is 2.32. The lowest BCUT2D eigenvalue weighted by Gasteiger charge is -2.36. The van der Waals surface area contributed by atoms with Crippen molar-refractivity contribution in [2.45, 2.75) is 0 Å². The Balaban J connectivity index is 1.69. The molecule has 0 atom stereocenters. The van der Waals surface area contributed by atoms with Gasteiger partial charge in [-0.2, -0.15) is 0 Å². The van der Waals surface area contributed by atoms with E-state index in [2.05, 4.69) is 162 Å². The van der Waals surface area contributed by atoms with Gasteiger partial charge in [-0.15, -0.1) is 0 Å². The minimum absolute atomic E-state index is 0.729. The fourth-order valence-electron chi connectivity index (χ4n) is 6.22. The maximum atomic E-state index is 6.83. The van der Waals surface area contributed by atoms with Gasteiger partial charge in [0, 0.05) is 21.5 Å². The molecule has 7 aromatic rings. The summed E-state index contributed by atoms with van der Waals surface area (Å²) < 4.78 is 2.42. The van der Waals surface area contributed by atoms with E-state index in [1.807, 2.05) is 0 Å². The molecule has 1 nitrogen and oxygen atoms in total. The summed E-state index contributed by atoms with van der Waals surface area (Å²) in [4.78, 5) is 0. The zero-order chi connectivity index (χ0) is 26.2. The van der Waals surface area contributed by atoms with Crippen LogP contribution >= 0.6 is 11.6 Å². The maximum absolute atomic E-state index is 6.83. The highest BCUT2D eigenvalue weighted by Gasteiger charge is 2.43. The first-order chi connectivity index (χ1) is 19.3. The highest BCUT2D eigenvalue weighted by atomic mass is 35.5. The molecule has 3 heteroatoms. The molecule has 0 aliphatic carbocycles. The third kappa shape index (κ3) is 3.76. The van der Waals surface area contributed by atoms with Gasteiger partial charge in [-0.1, -0.05) is 145 Å². The Bertz CT molecular complexity index is 1760. The Morgan fingerprint density at radius 2 is 0.846 bits per heavy atom. The van der Waals surface area contributed by atoms with Crippen molar-refractivity contribution in [1.82, 2.24) is 4.57 Å². The predicted octanol–water partition coefficient (Wildman–Crippen LogP) is 6.81. The van der Waals surface area contributed by atoms with Crippen molar-refractivity contribution in [3.8, 4) is 5.69 Å². The summed E-state index contributed by atoms with van der Waals surface area (Å²) in [7, 11) is -2.78. The number of rotatable bonds is 5. The lowest BCUT2D eigenvalue weighted by molar-refractivity contribution is 1.19. The van der Waals surface area contributed by atoms with Crippen molar-refractivity contribution in [1.29, 1.82) is 0 Å². The van der Waals surface area contributed by atoms with Crippen molar-refractivity contribution >= 4 is 62.2 Å². The lowest BCUT2D eigenvalue weighted by atomic mass is 10.2. The Labute approximate surface area is 234 Å². The fourth-order valence-corrected chi connectivity index (χ4v) is 11.3. The molecule has 1 aromatic heterocycles. The number of hydrogen-bond acceptors (Lipinski definition) is 0. The van der Waals surface area contributed by atoms with Gasteiger partial charge in [0.15, 0.2) is 8.07 Å². The quantitative estimate of drug-likeness (QED) is 0.168. The van der Waals surface area contributed by atoms with Crippen molar-refractivity contribution in [3.05, 3.63) is 163 Å². The van der Waals surface area contributed by atoms with Gasteiger partial charge in [-0.25, -0.2) is 0 Å². The van der Waals surface area contributed by atoms with Crippen LogP contribution in [-0.2, 0) is 0 Å². The van der Waals surface area contributed by atoms with E-state index in [-0.39, 0.29) is 0 Å². The molecule has 0 aliphatic heterocycles. The van der Waals surface area contributed by atoms with E-state index in [0.717, 1.165) is 10.7 Å². The Morgan fingerprint density at radius 3 is 1.31 bits per heavy atom. The second kappa shape index (κ2) is 9.74. The van der Waals surface area contributed by atoms with E-state index in [1.165, 1.54) is 42.6 Å². The van der Waals surface area contributed by atoms with E-state index < -0.39 is 8.07 Å². The van der Waals surface area contributed by atoms with Crippen LogP contribution in [0.2, 0.25) is 5.02 Å². The number of para-hydroxylation sites is 2. The number of benzene rings is 6. The second-order valence-corrected chi connectivity index (χ2v) is 14.1. The minimum Gasteiger partial charge on any atom is -0.309 e. The molecular weight excluding hydrogens is 510 g/mol. The van der Waals surface area contributed by atoms with Gasteiger partial charge in [0.25, 0.3) is 0 Å². The smallest absolute Gasteiger partial charge is 0.181 e. The molecule has 0 radical (unpaired) electrons. The summed E-state index contributed by atoms with van der Waals surface area (Å²) in [5, 5.41) is 8.54. The Hall–Kier alpha value is -4.37. The summed E-state index contributed by atoms with van der Waals surface area (Å²) in [5.41, 5.74) is 3.49. The predicted molar refractivity (Wildman–Crippen MR) is 169 cm³/mol. The normalized spacial score (nSPS) is 11.7. The molecule has 0 amide bonds. The van der Waals surface area contributed by atoms with Gasteiger partial charge < -0.3 is 4.57 Å². The third-order valence-electron chi connectivity index (χ3n) is 7.81. The number of hydrogen-bond donors (Lipinski definition) is 0. The van der Waals surface area contributed by atoms with Gasteiger partial charge in [0.1, 0.15) is 0 Å². The fraction of sp³-hybridized carbons (Fsp3) is 0. The lowest BCUT2D eigenvalue weighted by Crippen LogP contribution is -2.75. The van der Waals surface area contributed by atoms with Crippen molar-refractivity contribution < 1.29 is 0 Å². The van der Waals surface area contributed by atoms with E-state index in [1.54, 1.807) is 0 Å². The number of halogens is 1. The van der Waals surface area contributed by atoms with Gasteiger partial charge in [0.05, 0.1) is 11.0 Å². The van der Waals surface area contributed by atoms with Crippen molar-refractivity contribution in [3.63, 3.8) is 0 Å². The van der Waals surface area contributed by atoms with Crippen LogP contribution in [0.1, 0.15) is 0 Å². The van der Waals surface area contributed by atoms with Gasteiger partial charge in [-0.3, -0.25) is 0 Å². The zero-order valence-electron chi connectivity index (χ0n) is 21.3. The Kier molecular flexibility index (Phi) is 5.92. The molecule has 0 unspecified atom stereocenters. The summed E-state index contributed by atoms with van der Waals surface area (Å²) in [6.45, 7) is 0. The number of aromatic nitrogens is 1. The average Bonchev–Trinajstić information content (AvgIpc) is 3.34. The maximum Gasteiger partial charge on any atom is 0.181 e. The van der Waals surface area contributed by atoms with E-state index in [4.69, 9.17) is 11.6 Å². The second-order valence-electron chi connectivity index (χ2n) is 9.88. The topological polar surface area (TPSA) is 4.93 Å². The third-order valence-corrected chi connectivity index (χ3v) is 12.9. The average molecular weight is 536 g/mol. The van der Waals surface area contributed by atoms with E-state index >= 15 is 0 Å². The van der Waals surface area contributed by atoms with Gasteiger partial charge in [-0.05, 0) is 45.0 Å². The molecule has 0 spiro atoms. The largest absolute Gasteiger partial charge is 0.309 e. The molecule has 39 heavy (non-hydrogen) atoms. The summed E-state index contributed by atoms with van der Waals surface area (Å²) >= 11 is 6.83. The standard InChI is InChI=1S/C36H26ClNSi/c37-27-24-25-36(35(26-27)38-33-22-12-10-20-31(33)32-21-11-13-23-34(32)38)39(28-14-4-1-5-15-28,29-16-6-2-7-17-29)30-18-8-3-9-19-30/h1-26H. The molecule has 7 rings (SSSR count).